The second-order valence-electron chi connectivity index (χ2n) is 9.38. The zero-order chi connectivity index (χ0) is 25.3. The molecule has 198 valence electrons. The molecule has 1 saturated carbocycles. The minimum atomic E-state index is -0.960. The van der Waals surface area contributed by atoms with Gasteiger partial charge in [0, 0.05) is 19.6 Å². The molecule has 2 rings (SSSR count). The zero-order valence-electron chi connectivity index (χ0n) is 21.7. The molecule has 0 saturated heterocycles. The topological polar surface area (TPSA) is 85.3 Å². The van der Waals surface area contributed by atoms with E-state index in [1.807, 2.05) is 24.3 Å². The molecule has 7 nitrogen and oxygen atoms in total. The molecule has 0 radical (unpaired) electrons. The van der Waals surface area contributed by atoms with E-state index in [9.17, 15) is 14.7 Å². The van der Waals surface area contributed by atoms with Gasteiger partial charge in [0.15, 0.2) is 6.10 Å². The molecule has 1 aliphatic carbocycles. The number of ether oxygens (including phenoxy) is 3. The first-order chi connectivity index (χ1) is 17.0. The van der Waals surface area contributed by atoms with E-state index in [1.165, 1.54) is 32.1 Å². The molecular formula is C28H45NO6. The largest absolute Gasteiger partial charge is 0.492 e. The van der Waals surface area contributed by atoms with Crippen LogP contribution >= 0.6 is 0 Å². The number of amides is 1. The highest BCUT2D eigenvalue weighted by molar-refractivity contribution is 5.72. The third-order valence-corrected chi connectivity index (χ3v) is 6.48. The number of carboxylic acids is 1. The van der Waals surface area contributed by atoms with Crippen LogP contribution in [0, 0.1) is 0 Å². The Bertz CT molecular complexity index is 717. The number of carbonyl (C=O) groups excluding carboxylic acids is 1. The van der Waals surface area contributed by atoms with Crippen LogP contribution in [0.1, 0.15) is 90.0 Å². The van der Waals surface area contributed by atoms with E-state index >= 15 is 0 Å². The molecule has 1 fully saturated rings. The molecule has 0 aromatic heterocycles. The lowest BCUT2D eigenvalue weighted by atomic mass is 9.98. The lowest BCUT2D eigenvalue weighted by Gasteiger charge is -2.27. The maximum absolute atomic E-state index is 12.9. The Hall–Kier alpha value is -2.28. The van der Waals surface area contributed by atoms with Crippen molar-refractivity contribution in [3.8, 4) is 5.75 Å². The van der Waals surface area contributed by atoms with Gasteiger partial charge in [-0.1, -0.05) is 57.6 Å². The van der Waals surface area contributed by atoms with Crippen molar-refractivity contribution in [1.82, 2.24) is 4.90 Å². The molecule has 1 amide bonds. The van der Waals surface area contributed by atoms with Crippen molar-refractivity contribution in [2.45, 2.75) is 103 Å². The second-order valence-corrected chi connectivity index (χ2v) is 9.38. The molecule has 1 aromatic carbocycles. The van der Waals surface area contributed by atoms with Gasteiger partial charge in [0.2, 0.25) is 0 Å². The Kier molecular flexibility index (Phi) is 14.2. The van der Waals surface area contributed by atoms with Crippen LogP contribution in [0.3, 0.4) is 0 Å². The molecule has 0 spiro atoms. The van der Waals surface area contributed by atoms with Gasteiger partial charge in [-0.2, -0.15) is 0 Å². The van der Waals surface area contributed by atoms with Crippen LogP contribution in [0.2, 0.25) is 0 Å². The Morgan fingerprint density at radius 3 is 2.31 bits per heavy atom. The molecule has 1 unspecified atom stereocenters. The predicted molar refractivity (Wildman–Crippen MR) is 137 cm³/mol. The van der Waals surface area contributed by atoms with Crippen LogP contribution in [-0.2, 0) is 20.7 Å². The van der Waals surface area contributed by atoms with Crippen molar-refractivity contribution >= 4 is 12.1 Å². The van der Waals surface area contributed by atoms with E-state index in [4.69, 9.17) is 14.2 Å². The molecule has 35 heavy (non-hydrogen) atoms. The molecule has 1 N–H and O–H groups in total. The standard InChI is InChI=1S/C28H45NO6/c1-3-5-6-7-8-12-19-29(28(32)35-25-13-10-9-11-14-25)20-21-34-24-17-15-23(16-18-24)22-26(27(30)31)33-4-2/h15-18,25-26H,3-14,19-22H2,1-2H3,(H,30,31). The smallest absolute Gasteiger partial charge is 0.410 e. The van der Waals surface area contributed by atoms with Gasteiger partial charge in [-0.05, 0) is 56.7 Å². The van der Waals surface area contributed by atoms with E-state index in [1.54, 1.807) is 11.8 Å². The van der Waals surface area contributed by atoms with Gasteiger partial charge in [-0.25, -0.2) is 9.59 Å². The SMILES string of the molecule is CCCCCCCCN(CCOc1ccc(CC(OCC)C(=O)O)cc1)C(=O)OC1CCCCC1. The van der Waals surface area contributed by atoms with Crippen LogP contribution in [0.5, 0.6) is 5.75 Å². The van der Waals surface area contributed by atoms with Gasteiger partial charge in [-0.3, -0.25) is 0 Å². The molecule has 1 aliphatic rings. The van der Waals surface area contributed by atoms with E-state index in [0.29, 0.717) is 38.5 Å². The summed E-state index contributed by atoms with van der Waals surface area (Å²) in [4.78, 5) is 26.0. The quantitative estimate of drug-likeness (QED) is 0.260. The fourth-order valence-corrected chi connectivity index (χ4v) is 4.41. The summed E-state index contributed by atoms with van der Waals surface area (Å²) in [6, 6.07) is 7.38. The van der Waals surface area contributed by atoms with Crippen LogP contribution in [0.4, 0.5) is 4.79 Å². The van der Waals surface area contributed by atoms with Crippen LogP contribution in [0.15, 0.2) is 24.3 Å². The maximum Gasteiger partial charge on any atom is 0.410 e. The minimum Gasteiger partial charge on any atom is -0.492 e. The summed E-state index contributed by atoms with van der Waals surface area (Å²) in [6.07, 6.45) is 11.7. The van der Waals surface area contributed by atoms with E-state index < -0.39 is 12.1 Å². The second kappa shape index (κ2) is 17.2. The average molecular weight is 492 g/mol. The third-order valence-electron chi connectivity index (χ3n) is 6.48. The van der Waals surface area contributed by atoms with Gasteiger partial charge in [0.1, 0.15) is 18.5 Å². The van der Waals surface area contributed by atoms with Crippen LogP contribution in [-0.4, -0.2) is 60.6 Å². The predicted octanol–water partition coefficient (Wildman–Crippen LogP) is 6.23. The molecule has 0 bridgehead atoms. The Morgan fingerprint density at radius 1 is 0.971 bits per heavy atom. The third kappa shape index (κ3) is 11.8. The lowest BCUT2D eigenvalue weighted by molar-refractivity contribution is -0.149. The number of hydrogen-bond donors (Lipinski definition) is 1. The molecular weight excluding hydrogens is 446 g/mol. The van der Waals surface area contributed by atoms with Crippen molar-refractivity contribution in [1.29, 1.82) is 0 Å². The van der Waals surface area contributed by atoms with Crippen LogP contribution in [0.25, 0.3) is 0 Å². The number of unbranched alkanes of at least 4 members (excludes halogenated alkanes) is 5. The minimum absolute atomic E-state index is 0.0445. The summed E-state index contributed by atoms with van der Waals surface area (Å²) in [6.45, 7) is 5.90. The first kappa shape index (κ1) is 29.0. The fourth-order valence-electron chi connectivity index (χ4n) is 4.41. The van der Waals surface area contributed by atoms with Gasteiger partial charge in [0.05, 0.1) is 6.54 Å². The summed E-state index contributed by atoms with van der Waals surface area (Å²) in [5.74, 6) is -0.269. The summed E-state index contributed by atoms with van der Waals surface area (Å²) in [7, 11) is 0. The highest BCUT2D eigenvalue weighted by atomic mass is 16.6. The van der Waals surface area contributed by atoms with E-state index in [-0.39, 0.29) is 12.2 Å². The average Bonchev–Trinajstić information content (AvgIpc) is 2.86. The summed E-state index contributed by atoms with van der Waals surface area (Å²) >= 11 is 0. The summed E-state index contributed by atoms with van der Waals surface area (Å²) in [5.41, 5.74) is 0.874. The van der Waals surface area contributed by atoms with Crippen molar-refractivity contribution in [3.05, 3.63) is 29.8 Å². The lowest BCUT2D eigenvalue weighted by Crippen LogP contribution is -2.38. The monoisotopic (exact) mass is 491 g/mol. The number of aliphatic carboxylic acids is 1. The number of benzene rings is 1. The Morgan fingerprint density at radius 2 is 1.66 bits per heavy atom. The number of carbonyl (C=O) groups is 2. The van der Waals surface area contributed by atoms with E-state index in [2.05, 4.69) is 6.92 Å². The first-order valence-corrected chi connectivity index (χ1v) is 13.5. The van der Waals surface area contributed by atoms with Crippen molar-refractivity contribution in [3.63, 3.8) is 0 Å². The fraction of sp³-hybridized carbons (Fsp3) is 0.714. The van der Waals surface area contributed by atoms with Gasteiger partial charge >= 0.3 is 12.1 Å². The van der Waals surface area contributed by atoms with Gasteiger partial charge in [-0.15, -0.1) is 0 Å². The maximum atomic E-state index is 12.9. The summed E-state index contributed by atoms with van der Waals surface area (Å²) < 4.78 is 17.0. The Balaban J connectivity index is 1.82. The first-order valence-electron chi connectivity index (χ1n) is 13.5. The number of nitrogens with zero attached hydrogens (tertiary/aromatic N) is 1. The highest BCUT2D eigenvalue weighted by Gasteiger charge is 2.22. The Labute approximate surface area is 211 Å². The van der Waals surface area contributed by atoms with Crippen molar-refractivity contribution in [2.75, 3.05) is 26.3 Å². The van der Waals surface area contributed by atoms with Gasteiger partial charge in [0.25, 0.3) is 0 Å². The zero-order valence-corrected chi connectivity index (χ0v) is 21.7. The molecule has 1 aromatic rings. The van der Waals surface area contributed by atoms with Crippen LogP contribution < -0.4 is 4.74 Å². The number of rotatable bonds is 17. The summed E-state index contributed by atoms with van der Waals surface area (Å²) in [5, 5.41) is 9.26. The van der Waals surface area contributed by atoms with E-state index in [0.717, 1.165) is 44.1 Å². The molecule has 0 aliphatic heterocycles. The molecule has 0 heterocycles. The molecule has 7 heteroatoms. The highest BCUT2D eigenvalue weighted by Crippen LogP contribution is 2.21. The number of hydrogen-bond acceptors (Lipinski definition) is 5. The van der Waals surface area contributed by atoms with Crippen molar-refractivity contribution in [2.24, 2.45) is 0 Å². The molecule has 1 atom stereocenters. The number of carboxylic acid groups (broad SMARTS) is 1. The van der Waals surface area contributed by atoms with Gasteiger partial charge < -0.3 is 24.2 Å². The van der Waals surface area contributed by atoms with Crippen molar-refractivity contribution < 1.29 is 28.9 Å². The normalized spacial score (nSPS) is 14.9.